The summed E-state index contributed by atoms with van der Waals surface area (Å²) in [5.74, 6) is 0.581. The van der Waals surface area contributed by atoms with Crippen molar-refractivity contribution in [2.24, 2.45) is 0 Å². The van der Waals surface area contributed by atoms with Crippen LogP contribution in [0.15, 0.2) is 48.5 Å². The summed E-state index contributed by atoms with van der Waals surface area (Å²) in [4.78, 5) is 34.1. The van der Waals surface area contributed by atoms with Crippen LogP contribution in [0.25, 0.3) is 0 Å². The van der Waals surface area contributed by atoms with Crippen LogP contribution in [0.3, 0.4) is 0 Å². The molecule has 3 atom stereocenters. The number of carbonyl (C=O) groups excluding carboxylic acids is 2. The molecule has 5 rings (SSSR count). The molecule has 8 heteroatoms. The highest BCUT2D eigenvalue weighted by Gasteiger charge is 2.44. The maximum Gasteiger partial charge on any atom is 0.254 e. The lowest BCUT2D eigenvalue weighted by Gasteiger charge is -2.31. The Morgan fingerprint density at radius 2 is 1.95 bits per heavy atom. The van der Waals surface area contributed by atoms with Crippen molar-refractivity contribution in [3.8, 4) is 5.75 Å². The fourth-order valence-electron chi connectivity index (χ4n) is 6.06. The van der Waals surface area contributed by atoms with Crippen LogP contribution in [0.2, 0.25) is 0 Å². The molecule has 0 aliphatic carbocycles. The first-order valence-corrected chi connectivity index (χ1v) is 14.4. The van der Waals surface area contributed by atoms with Gasteiger partial charge in [0, 0.05) is 57.5 Å². The van der Waals surface area contributed by atoms with Gasteiger partial charge in [-0.05, 0) is 62.9 Å². The van der Waals surface area contributed by atoms with Crippen LogP contribution in [-0.4, -0.2) is 97.7 Å². The Balaban J connectivity index is 1.42. The van der Waals surface area contributed by atoms with Crippen LogP contribution in [-0.2, 0) is 16.1 Å². The first-order chi connectivity index (χ1) is 19.0. The van der Waals surface area contributed by atoms with Crippen LogP contribution in [0, 0.1) is 6.92 Å². The summed E-state index contributed by atoms with van der Waals surface area (Å²) >= 11 is 0. The molecule has 210 valence electrons. The molecule has 0 radical (unpaired) electrons. The Hall–Kier alpha value is -2.94. The molecular formula is C31H42N4O4. The standard InChI is InChI=1S/C31H42N4O4/c1-23-9-11-24(12-10-23)20-34(22-28-8-4-17-39-28)26-19-29(31(37)33-15-5-13-32-14-16-33)35(21-26)30(36)25-6-3-7-27(18-25)38-2/h3,6-7,9-12,18,26,28-29,32H,4-5,8,13-17,19-22H2,1-2H3. The van der Waals surface area contributed by atoms with Crippen LogP contribution in [0.1, 0.15) is 47.2 Å². The van der Waals surface area contributed by atoms with Crippen LogP contribution >= 0.6 is 0 Å². The average molecular weight is 535 g/mol. The van der Waals surface area contributed by atoms with Crippen molar-refractivity contribution < 1.29 is 19.1 Å². The molecule has 2 aromatic carbocycles. The number of likely N-dealkylation sites (tertiary alicyclic amines) is 1. The van der Waals surface area contributed by atoms with Gasteiger partial charge in [-0.25, -0.2) is 0 Å². The fourth-order valence-corrected chi connectivity index (χ4v) is 6.06. The number of methoxy groups -OCH3 is 1. The van der Waals surface area contributed by atoms with Gasteiger partial charge in [0.2, 0.25) is 5.91 Å². The normalized spacial score (nSPS) is 23.7. The van der Waals surface area contributed by atoms with Crippen molar-refractivity contribution >= 4 is 11.8 Å². The van der Waals surface area contributed by atoms with E-state index >= 15 is 0 Å². The molecule has 0 saturated carbocycles. The number of aryl methyl sites for hydroxylation is 1. The lowest BCUT2D eigenvalue weighted by atomic mass is 10.1. The fraction of sp³-hybridized carbons (Fsp3) is 0.548. The number of ether oxygens (including phenoxy) is 2. The van der Waals surface area contributed by atoms with E-state index in [0.717, 1.165) is 58.6 Å². The van der Waals surface area contributed by atoms with Gasteiger partial charge in [0.15, 0.2) is 0 Å². The van der Waals surface area contributed by atoms with E-state index in [2.05, 4.69) is 41.4 Å². The Bertz CT molecular complexity index is 1110. The Labute approximate surface area is 232 Å². The molecule has 1 N–H and O–H groups in total. The minimum absolute atomic E-state index is 0.0594. The summed E-state index contributed by atoms with van der Waals surface area (Å²) in [5, 5.41) is 3.38. The first-order valence-electron chi connectivity index (χ1n) is 14.4. The molecule has 3 aliphatic rings. The Morgan fingerprint density at radius 1 is 1.10 bits per heavy atom. The molecular weight excluding hydrogens is 492 g/mol. The third kappa shape index (κ3) is 6.80. The van der Waals surface area contributed by atoms with Crippen molar-refractivity contribution in [2.75, 3.05) is 53.0 Å². The SMILES string of the molecule is COc1cccc(C(=O)N2CC(N(Cc3ccc(C)cc3)CC3CCCO3)CC2C(=O)N2CCCNCC2)c1. The third-order valence-electron chi connectivity index (χ3n) is 8.28. The second-order valence-corrected chi connectivity index (χ2v) is 11.1. The van der Waals surface area contributed by atoms with Gasteiger partial charge in [-0.3, -0.25) is 14.5 Å². The van der Waals surface area contributed by atoms with Gasteiger partial charge in [0.25, 0.3) is 5.91 Å². The summed E-state index contributed by atoms with van der Waals surface area (Å²) in [6, 6.07) is 15.5. The number of hydrogen-bond donors (Lipinski definition) is 1. The first kappa shape index (κ1) is 27.6. The molecule has 2 amide bonds. The lowest BCUT2D eigenvalue weighted by Crippen LogP contribution is -2.48. The highest BCUT2D eigenvalue weighted by Crippen LogP contribution is 2.29. The number of nitrogens with zero attached hydrogens (tertiary/aromatic N) is 3. The molecule has 3 heterocycles. The van der Waals surface area contributed by atoms with E-state index in [1.54, 1.807) is 13.2 Å². The monoisotopic (exact) mass is 534 g/mol. The summed E-state index contributed by atoms with van der Waals surface area (Å²) in [5.41, 5.74) is 3.02. The minimum atomic E-state index is -0.489. The topological polar surface area (TPSA) is 74.4 Å². The molecule has 2 aromatic rings. The number of carbonyl (C=O) groups is 2. The molecule has 3 aliphatic heterocycles. The second kappa shape index (κ2) is 12.9. The Kier molecular flexibility index (Phi) is 9.17. The lowest BCUT2D eigenvalue weighted by molar-refractivity contribution is -0.135. The van der Waals surface area contributed by atoms with E-state index in [1.165, 1.54) is 11.1 Å². The smallest absolute Gasteiger partial charge is 0.254 e. The highest BCUT2D eigenvalue weighted by atomic mass is 16.5. The molecule has 3 saturated heterocycles. The zero-order valence-electron chi connectivity index (χ0n) is 23.3. The van der Waals surface area contributed by atoms with Crippen LogP contribution < -0.4 is 10.1 Å². The van der Waals surface area contributed by atoms with Crippen LogP contribution in [0.5, 0.6) is 5.75 Å². The quantitative estimate of drug-likeness (QED) is 0.561. The zero-order chi connectivity index (χ0) is 27.2. The summed E-state index contributed by atoms with van der Waals surface area (Å²) in [7, 11) is 1.60. The van der Waals surface area contributed by atoms with Gasteiger partial charge < -0.3 is 24.6 Å². The van der Waals surface area contributed by atoms with Gasteiger partial charge in [-0.2, -0.15) is 0 Å². The van der Waals surface area contributed by atoms with E-state index in [-0.39, 0.29) is 24.0 Å². The summed E-state index contributed by atoms with van der Waals surface area (Å²) in [6.07, 6.45) is 3.86. The number of rotatable bonds is 8. The summed E-state index contributed by atoms with van der Waals surface area (Å²) < 4.78 is 11.4. The summed E-state index contributed by atoms with van der Waals surface area (Å²) in [6.45, 7) is 8.06. The van der Waals surface area contributed by atoms with Crippen molar-refractivity contribution in [3.63, 3.8) is 0 Å². The molecule has 0 aromatic heterocycles. The molecule has 0 spiro atoms. The molecule has 0 bridgehead atoms. The van der Waals surface area contributed by atoms with E-state index in [9.17, 15) is 9.59 Å². The average Bonchev–Trinajstić information content (AvgIpc) is 3.56. The van der Waals surface area contributed by atoms with Crippen molar-refractivity contribution in [1.82, 2.24) is 20.0 Å². The number of benzene rings is 2. The largest absolute Gasteiger partial charge is 0.497 e. The minimum Gasteiger partial charge on any atom is -0.497 e. The van der Waals surface area contributed by atoms with E-state index in [1.807, 2.05) is 28.0 Å². The van der Waals surface area contributed by atoms with Crippen molar-refractivity contribution in [1.29, 1.82) is 0 Å². The highest BCUT2D eigenvalue weighted by molar-refractivity contribution is 5.98. The van der Waals surface area contributed by atoms with Crippen LogP contribution in [0.4, 0.5) is 0 Å². The molecule has 39 heavy (non-hydrogen) atoms. The zero-order valence-corrected chi connectivity index (χ0v) is 23.3. The molecule has 3 unspecified atom stereocenters. The number of hydrogen-bond acceptors (Lipinski definition) is 6. The van der Waals surface area contributed by atoms with Gasteiger partial charge >= 0.3 is 0 Å². The van der Waals surface area contributed by atoms with Crippen molar-refractivity contribution in [3.05, 3.63) is 65.2 Å². The second-order valence-electron chi connectivity index (χ2n) is 11.1. The maximum atomic E-state index is 14.0. The maximum absolute atomic E-state index is 14.0. The predicted molar refractivity (Wildman–Crippen MR) is 151 cm³/mol. The van der Waals surface area contributed by atoms with Gasteiger partial charge in [0.1, 0.15) is 11.8 Å². The predicted octanol–water partition coefficient (Wildman–Crippen LogP) is 3.09. The van der Waals surface area contributed by atoms with Gasteiger partial charge in [-0.15, -0.1) is 0 Å². The van der Waals surface area contributed by atoms with E-state index in [4.69, 9.17) is 9.47 Å². The van der Waals surface area contributed by atoms with Gasteiger partial charge in [-0.1, -0.05) is 35.9 Å². The van der Waals surface area contributed by atoms with Crippen molar-refractivity contribution in [2.45, 2.75) is 57.3 Å². The van der Waals surface area contributed by atoms with Gasteiger partial charge in [0.05, 0.1) is 13.2 Å². The van der Waals surface area contributed by atoms with E-state index in [0.29, 0.717) is 30.8 Å². The Morgan fingerprint density at radius 3 is 2.72 bits per heavy atom. The number of amides is 2. The number of nitrogens with one attached hydrogen (secondary N) is 1. The third-order valence-corrected chi connectivity index (χ3v) is 8.28. The van der Waals surface area contributed by atoms with E-state index < -0.39 is 6.04 Å². The molecule has 8 nitrogen and oxygen atoms in total. The molecule has 3 fully saturated rings.